The van der Waals surface area contributed by atoms with E-state index in [0.717, 1.165) is 4.68 Å². The van der Waals surface area contributed by atoms with E-state index >= 15 is 0 Å². The van der Waals surface area contributed by atoms with Gasteiger partial charge in [0.2, 0.25) is 0 Å². The standard InChI is InChI=1S/C11H9N5O4S/c1-7-8(6-12)11(21(13,19)20)15(14-7)9-4-2-3-5-10(9)16(17)18/h2-5H,1H3,(H2,13,19,20). The third kappa shape index (κ3) is 2.47. The van der Waals surface area contributed by atoms with Crippen molar-refractivity contribution in [2.45, 2.75) is 11.9 Å². The Balaban J connectivity index is 2.91. The van der Waals surface area contributed by atoms with E-state index in [-0.39, 0.29) is 22.6 Å². The lowest BCUT2D eigenvalue weighted by Crippen LogP contribution is -2.19. The minimum Gasteiger partial charge on any atom is -0.258 e. The molecule has 21 heavy (non-hydrogen) atoms. The molecule has 2 N–H and O–H groups in total. The number of hydrogen-bond acceptors (Lipinski definition) is 6. The summed E-state index contributed by atoms with van der Waals surface area (Å²) < 4.78 is 24.2. The van der Waals surface area contributed by atoms with Crippen molar-refractivity contribution >= 4 is 15.7 Å². The Morgan fingerprint density at radius 1 is 1.43 bits per heavy atom. The largest absolute Gasteiger partial charge is 0.294 e. The number of nitrogens with zero attached hydrogens (tertiary/aromatic N) is 4. The molecule has 0 saturated carbocycles. The SMILES string of the molecule is Cc1nn(-c2ccccc2[N+](=O)[O-])c(S(N)(=O)=O)c1C#N. The number of nitro groups is 1. The number of nitro benzene ring substituents is 1. The van der Waals surface area contributed by atoms with Crippen LogP contribution in [-0.4, -0.2) is 23.1 Å². The molecular formula is C11H9N5O4S. The van der Waals surface area contributed by atoms with Crippen LogP contribution < -0.4 is 5.14 Å². The molecule has 2 rings (SSSR count). The highest BCUT2D eigenvalue weighted by molar-refractivity contribution is 7.89. The summed E-state index contributed by atoms with van der Waals surface area (Å²) in [5, 5.41) is 28.5. The highest BCUT2D eigenvalue weighted by atomic mass is 32.2. The highest BCUT2D eigenvalue weighted by Gasteiger charge is 2.28. The van der Waals surface area contributed by atoms with Gasteiger partial charge in [-0.2, -0.15) is 10.4 Å². The number of aryl methyl sites for hydroxylation is 1. The fraction of sp³-hybridized carbons (Fsp3) is 0.0909. The van der Waals surface area contributed by atoms with Crippen molar-refractivity contribution in [2.75, 3.05) is 0 Å². The first-order chi connectivity index (χ1) is 9.77. The summed E-state index contributed by atoms with van der Waals surface area (Å²) in [5.41, 5.74) is -0.569. The number of sulfonamides is 1. The maximum atomic E-state index is 11.7. The third-order valence-electron chi connectivity index (χ3n) is 2.71. The summed E-state index contributed by atoms with van der Waals surface area (Å²) in [7, 11) is -4.29. The Morgan fingerprint density at radius 3 is 2.57 bits per heavy atom. The first-order valence-electron chi connectivity index (χ1n) is 5.53. The van der Waals surface area contributed by atoms with Crippen LogP contribution in [0.5, 0.6) is 0 Å². The number of aromatic nitrogens is 2. The van der Waals surface area contributed by atoms with Crippen LogP contribution >= 0.6 is 0 Å². The summed E-state index contributed by atoms with van der Waals surface area (Å²) in [4.78, 5) is 10.4. The van der Waals surface area contributed by atoms with E-state index in [9.17, 15) is 18.5 Å². The lowest BCUT2D eigenvalue weighted by molar-refractivity contribution is -0.384. The Labute approximate surface area is 119 Å². The fourth-order valence-corrected chi connectivity index (χ4v) is 2.72. The van der Waals surface area contributed by atoms with Gasteiger partial charge >= 0.3 is 0 Å². The Bertz CT molecular complexity index is 879. The monoisotopic (exact) mass is 307 g/mol. The highest BCUT2D eigenvalue weighted by Crippen LogP contribution is 2.27. The molecule has 0 bridgehead atoms. The van der Waals surface area contributed by atoms with Gasteiger partial charge in [0.1, 0.15) is 17.3 Å². The number of primary sulfonamides is 1. The van der Waals surface area contributed by atoms with Crippen LogP contribution in [0.2, 0.25) is 0 Å². The molecule has 0 saturated heterocycles. The predicted octanol–water partition coefficient (Wildman–Crippen LogP) is 0.608. The van der Waals surface area contributed by atoms with Crippen molar-refractivity contribution in [1.82, 2.24) is 9.78 Å². The molecule has 1 aromatic heterocycles. The van der Waals surface area contributed by atoms with E-state index < -0.39 is 20.0 Å². The van der Waals surface area contributed by atoms with Crippen molar-refractivity contribution in [3.63, 3.8) is 0 Å². The van der Waals surface area contributed by atoms with Crippen molar-refractivity contribution in [3.8, 4) is 11.8 Å². The van der Waals surface area contributed by atoms with Crippen molar-refractivity contribution < 1.29 is 13.3 Å². The first-order valence-corrected chi connectivity index (χ1v) is 7.08. The van der Waals surface area contributed by atoms with Gasteiger partial charge in [0, 0.05) is 6.07 Å². The zero-order valence-electron chi connectivity index (χ0n) is 10.7. The van der Waals surface area contributed by atoms with Crippen molar-refractivity contribution in [1.29, 1.82) is 5.26 Å². The average Bonchev–Trinajstić information content (AvgIpc) is 2.75. The Morgan fingerprint density at radius 2 is 2.05 bits per heavy atom. The van der Waals surface area contributed by atoms with Gasteiger partial charge in [0.15, 0.2) is 5.03 Å². The van der Waals surface area contributed by atoms with Crippen LogP contribution in [0.15, 0.2) is 29.3 Å². The molecule has 10 heteroatoms. The van der Waals surface area contributed by atoms with Gasteiger partial charge in [-0.25, -0.2) is 18.2 Å². The summed E-state index contributed by atoms with van der Waals surface area (Å²) in [5.74, 6) is 0. The van der Waals surface area contributed by atoms with Gasteiger partial charge in [-0.05, 0) is 13.0 Å². The molecule has 0 spiro atoms. The van der Waals surface area contributed by atoms with Crippen molar-refractivity contribution in [3.05, 3.63) is 45.6 Å². The summed E-state index contributed by atoms with van der Waals surface area (Å²) in [6.07, 6.45) is 0. The van der Waals surface area contributed by atoms with Crippen LogP contribution in [0, 0.1) is 28.4 Å². The number of nitrogens with two attached hydrogens (primary N) is 1. The van der Waals surface area contributed by atoms with Gasteiger partial charge < -0.3 is 0 Å². The lowest BCUT2D eigenvalue weighted by atomic mass is 10.2. The molecular weight excluding hydrogens is 298 g/mol. The molecule has 0 radical (unpaired) electrons. The molecule has 0 aliphatic carbocycles. The zero-order valence-corrected chi connectivity index (χ0v) is 11.5. The molecule has 1 heterocycles. The van der Waals surface area contributed by atoms with Gasteiger partial charge in [-0.1, -0.05) is 12.1 Å². The van der Waals surface area contributed by atoms with Crippen LogP contribution in [0.4, 0.5) is 5.69 Å². The van der Waals surface area contributed by atoms with E-state index in [1.54, 1.807) is 6.07 Å². The summed E-state index contributed by atoms with van der Waals surface area (Å²) >= 11 is 0. The maximum Gasteiger partial charge on any atom is 0.294 e. The molecule has 9 nitrogen and oxygen atoms in total. The number of benzene rings is 1. The molecule has 108 valence electrons. The molecule has 0 aliphatic rings. The number of hydrogen-bond donors (Lipinski definition) is 1. The molecule has 0 fully saturated rings. The third-order valence-corrected chi connectivity index (χ3v) is 3.62. The van der Waals surface area contributed by atoms with E-state index in [1.165, 1.54) is 31.2 Å². The smallest absolute Gasteiger partial charge is 0.258 e. The van der Waals surface area contributed by atoms with E-state index in [0.29, 0.717) is 0 Å². The number of para-hydroxylation sites is 2. The van der Waals surface area contributed by atoms with Gasteiger partial charge in [0.05, 0.1) is 10.6 Å². The minimum atomic E-state index is -4.29. The second-order valence-electron chi connectivity index (χ2n) is 4.08. The quantitative estimate of drug-likeness (QED) is 0.649. The predicted molar refractivity (Wildman–Crippen MR) is 71.0 cm³/mol. The fourth-order valence-electron chi connectivity index (χ4n) is 1.86. The summed E-state index contributed by atoms with van der Waals surface area (Å²) in [6.45, 7) is 1.42. The van der Waals surface area contributed by atoms with Crippen LogP contribution in [0.3, 0.4) is 0 Å². The lowest BCUT2D eigenvalue weighted by Gasteiger charge is -2.06. The second kappa shape index (κ2) is 4.97. The molecule has 2 aromatic rings. The van der Waals surface area contributed by atoms with E-state index in [1.807, 2.05) is 0 Å². The summed E-state index contributed by atoms with van der Waals surface area (Å²) in [6, 6.07) is 7.13. The normalized spacial score (nSPS) is 11.1. The van der Waals surface area contributed by atoms with E-state index in [4.69, 9.17) is 10.4 Å². The van der Waals surface area contributed by atoms with Crippen LogP contribution in [-0.2, 0) is 10.0 Å². The first kappa shape index (κ1) is 14.6. The molecule has 0 unspecified atom stereocenters. The van der Waals surface area contributed by atoms with Gasteiger partial charge in [0.25, 0.3) is 15.7 Å². The number of nitriles is 1. The van der Waals surface area contributed by atoms with Gasteiger partial charge in [-0.3, -0.25) is 10.1 Å². The Hall–Kier alpha value is -2.77. The Kier molecular flexibility index (Phi) is 3.46. The van der Waals surface area contributed by atoms with Gasteiger partial charge in [-0.15, -0.1) is 0 Å². The topological polar surface area (TPSA) is 145 Å². The van der Waals surface area contributed by atoms with Crippen molar-refractivity contribution in [2.24, 2.45) is 5.14 Å². The zero-order chi connectivity index (χ0) is 15.8. The molecule has 0 aliphatic heterocycles. The molecule has 0 amide bonds. The molecule has 1 aromatic carbocycles. The minimum absolute atomic E-state index is 0.0869. The van der Waals surface area contributed by atoms with Crippen LogP contribution in [0.1, 0.15) is 11.3 Å². The average molecular weight is 307 g/mol. The second-order valence-corrected chi connectivity index (χ2v) is 5.56. The maximum absolute atomic E-state index is 11.7. The van der Waals surface area contributed by atoms with E-state index in [2.05, 4.69) is 5.10 Å². The number of rotatable bonds is 3. The molecule has 0 atom stereocenters. The van der Waals surface area contributed by atoms with Crippen LogP contribution in [0.25, 0.3) is 5.69 Å².